The molecule has 0 fully saturated rings. The third-order valence-electron chi connectivity index (χ3n) is 4.07. The highest BCUT2D eigenvalue weighted by atomic mass is 16.5. The van der Waals surface area contributed by atoms with E-state index in [1.807, 2.05) is 19.3 Å². The standard InChI is InChI=1S/C19H20N4O2/c1-4-19(24)23(13-16-6-8-18(25-3)21-20-16)12-14-5-7-17-15(11-14)9-10-22(17)2/h4-11H,1,12-13H2,2-3H3. The zero-order chi connectivity index (χ0) is 17.8. The van der Waals surface area contributed by atoms with E-state index in [0.717, 1.165) is 16.5 Å². The Kier molecular flexibility index (Phi) is 4.79. The number of nitrogens with zero attached hydrogens (tertiary/aromatic N) is 4. The molecule has 6 heteroatoms. The molecule has 0 saturated carbocycles. The summed E-state index contributed by atoms with van der Waals surface area (Å²) in [4.78, 5) is 13.9. The lowest BCUT2D eigenvalue weighted by Crippen LogP contribution is -2.28. The number of hydrogen-bond acceptors (Lipinski definition) is 4. The van der Waals surface area contributed by atoms with E-state index in [0.29, 0.717) is 24.7 Å². The fourth-order valence-electron chi connectivity index (χ4n) is 2.73. The van der Waals surface area contributed by atoms with E-state index in [4.69, 9.17) is 4.74 Å². The summed E-state index contributed by atoms with van der Waals surface area (Å²) in [5.41, 5.74) is 2.90. The second-order valence-electron chi connectivity index (χ2n) is 5.79. The molecule has 0 bridgehead atoms. The van der Waals surface area contributed by atoms with Gasteiger partial charge < -0.3 is 14.2 Å². The van der Waals surface area contributed by atoms with Gasteiger partial charge in [-0.1, -0.05) is 12.6 Å². The molecule has 0 unspecified atom stereocenters. The van der Waals surface area contributed by atoms with E-state index < -0.39 is 0 Å². The van der Waals surface area contributed by atoms with Crippen molar-refractivity contribution < 1.29 is 9.53 Å². The van der Waals surface area contributed by atoms with E-state index in [-0.39, 0.29) is 5.91 Å². The minimum absolute atomic E-state index is 0.147. The van der Waals surface area contributed by atoms with Gasteiger partial charge in [0.2, 0.25) is 11.8 Å². The predicted octanol–water partition coefficient (Wildman–Crippen LogP) is 2.69. The normalized spacial score (nSPS) is 10.6. The first-order valence-electron chi connectivity index (χ1n) is 7.92. The molecule has 0 aliphatic carbocycles. The monoisotopic (exact) mass is 336 g/mol. The SMILES string of the molecule is C=CC(=O)N(Cc1ccc2c(ccn2C)c1)Cc1ccc(OC)nn1. The van der Waals surface area contributed by atoms with Crippen molar-refractivity contribution in [3.63, 3.8) is 0 Å². The number of hydrogen-bond donors (Lipinski definition) is 0. The molecular formula is C19H20N4O2. The molecule has 2 heterocycles. The van der Waals surface area contributed by atoms with Crippen molar-refractivity contribution >= 4 is 16.8 Å². The molecule has 1 amide bonds. The second kappa shape index (κ2) is 7.17. The van der Waals surface area contributed by atoms with Gasteiger partial charge in [-0.15, -0.1) is 5.10 Å². The molecule has 0 atom stereocenters. The van der Waals surface area contributed by atoms with Crippen molar-refractivity contribution in [3.05, 3.63) is 66.5 Å². The van der Waals surface area contributed by atoms with Crippen LogP contribution in [0.5, 0.6) is 5.88 Å². The summed E-state index contributed by atoms with van der Waals surface area (Å²) in [6.07, 6.45) is 3.34. The summed E-state index contributed by atoms with van der Waals surface area (Å²) in [6, 6.07) is 11.8. The van der Waals surface area contributed by atoms with Gasteiger partial charge in [-0.2, -0.15) is 5.10 Å². The van der Waals surface area contributed by atoms with E-state index in [1.165, 1.54) is 13.2 Å². The molecule has 3 aromatic rings. The van der Waals surface area contributed by atoms with Gasteiger partial charge in [-0.05, 0) is 41.3 Å². The first-order valence-corrected chi connectivity index (χ1v) is 7.92. The van der Waals surface area contributed by atoms with Crippen molar-refractivity contribution in [2.24, 2.45) is 7.05 Å². The molecule has 0 aliphatic rings. The molecule has 0 radical (unpaired) electrons. The number of ether oxygens (including phenoxy) is 1. The van der Waals surface area contributed by atoms with Gasteiger partial charge >= 0.3 is 0 Å². The van der Waals surface area contributed by atoms with Crippen molar-refractivity contribution in [1.82, 2.24) is 19.7 Å². The van der Waals surface area contributed by atoms with Gasteiger partial charge in [0, 0.05) is 31.4 Å². The number of fused-ring (bicyclic) bond motifs is 1. The number of rotatable bonds is 6. The van der Waals surface area contributed by atoms with Crippen LogP contribution in [0.2, 0.25) is 0 Å². The quantitative estimate of drug-likeness (QED) is 0.649. The summed E-state index contributed by atoms with van der Waals surface area (Å²) < 4.78 is 7.08. The van der Waals surface area contributed by atoms with Gasteiger partial charge in [-0.25, -0.2) is 0 Å². The van der Waals surface area contributed by atoms with Crippen molar-refractivity contribution in [2.45, 2.75) is 13.1 Å². The van der Waals surface area contributed by atoms with Crippen molar-refractivity contribution in [2.75, 3.05) is 7.11 Å². The van der Waals surface area contributed by atoms with Crippen LogP contribution in [0, 0.1) is 0 Å². The Labute approximate surface area is 146 Å². The molecule has 0 saturated heterocycles. The lowest BCUT2D eigenvalue weighted by molar-refractivity contribution is -0.127. The Balaban J connectivity index is 1.81. The second-order valence-corrected chi connectivity index (χ2v) is 5.79. The summed E-state index contributed by atoms with van der Waals surface area (Å²) in [6.45, 7) is 4.43. The molecule has 1 aromatic carbocycles. The Bertz CT molecular complexity index is 899. The van der Waals surface area contributed by atoms with Crippen LogP contribution >= 0.6 is 0 Å². The van der Waals surface area contributed by atoms with Crippen LogP contribution in [-0.4, -0.2) is 32.7 Å². The Morgan fingerprint density at radius 2 is 2.08 bits per heavy atom. The summed E-state index contributed by atoms with van der Waals surface area (Å²) in [5.74, 6) is 0.297. The topological polar surface area (TPSA) is 60.2 Å². The lowest BCUT2D eigenvalue weighted by atomic mass is 10.1. The number of aromatic nitrogens is 3. The minimum atomic E-state index is -0.147. The van der Waals surface area contributed by atoms with Crippen LogP contribution in [0.3, 0.4) is 0 Å². The fraction of sp³-hybridized carbons (Fsp3) is 0.211. The average Bonchev–Trinajstić information content (AvgIpc) is 3.01. The third kappa shape index (κ3) is 3.68. The molecular weight excluding hydrogens is 316 g/mol. The highest BCUT2D eigenvalue weighted by Gasteiger charge is 2.13. The van der Waals surface area contributed by atoms with E-state index >= 15 is 0 Å². The number of methoxy groups -OCH3 is 1. The molecule has 3 rings (SSSR count). The van der Waals surface area contributed by atoms with Crippen molar-refractivity contribution in [3.8, 4) is 5.88 Å². The zero-order valence-corrected chi connectivity index (χ0v) is 14.3. The molecule has 128 valence electrons. The third-order valence-corrected chi connectivity index (χ3v) is 4.07. The largest absolute Gasteiger partial charge is 0.480 e. The molecule has 0 N–H and O–H groups in total. The van der Waals surface area contributed by atoms with Gasteiger partial charge in [0.15, 0.2) is 0 Å². The maximum Gasteiger partial charge on any atom is 0.246 e. The summed E-state index contributed by atoms with van der Waals surface area (Å²) >= 11 is 0. The zero-order valence-electron chi connectivity index (χ0n) is 14.3. The molecule has 6 nitrogen and oxygen atoms in total. The maximum atomic E-state index is 12.2. The average molecular weight is 336 g/mol. The molecule has 0 aliphatic heterocycles. The summed E-state index contributed by atoms with van der Waals surface area (Å²) in [7, 11) is 3.55. The Morgan fingerprint density at radius 1 is 1.24 bits per heavy atom. The number of amides is 1. The fourth-order valence-corrected chi connectivity index (χ4v) is 2.73. The van der Waals surface area contributed by atoms with Gasteiger partial charge in [0.25, 0.3) is 0 Å². The smallest absolute Gasteiger partial charge is 0.246 e. The van der Waals surface area contributed by atoms with Crippen molar-refractivity contribution in [1.29, 1.82) is 0 Å². The highest BCUT2D eigenvalue weighted by Crippen LogP contribution is 2.18. The Hall–Kier alpha value is -3.15. The van der Waals surface area contributed by atoms with Crippen LogP contribution in [0.4, 0.5) is 0 Å². The molecule has 25 heavy (non-hydrogen) atoms. The first-order chi connectivity index (χ1) is 12.1. The number of benzene rings is 1. The van der Waals surface area contributed by atoms with Crippen LogP contribution in [0.25, 0.3) is 10.9 Å². The maximum absolute atomic E-state index is 12.2. The first kappa shape index (κ1) is 16.7. The van der Waals surface area contributed by atoms with Gasteiger partial charge in [-0.3, -0.25) is 4.79 Å². The number of carbonyl (C=O) groups is 1. The van der Waals surface area contributed by atoms with Crippen LogP contribution in [0.15, 0.2) is 55.3 Å². The van der Waals surface area contributed by atoms with E-state index in [2.05, 4.69) is 39.5 Å². The minimum Gasteiger partial charge on any atom is -0.480 e. The highest BCUT2D eigenvalue weighted by molar-refractivity contribution is 5.87. The Morgan fingerprint density at radius 3 is 2.76 bits per heavy atom. The summed E-state index contributed by atoms with van der Waals surface area (Å²) in [5, 5.41) is 9.19. The number of aryl methyl sites for hydroxylation is 1. The van der Waals surface area contributed by atoms with Gasteiger partial charge in [0.1, 0.15) is 0 Å². The van der Waals surface area contributed by atoms with Crippen LogP contribution in [0.1, 0.15) is 11.3 Å². The van der Waals surface area contributed by atoms with Crippen LogP contribution < -0.4 is 4.74 Å². The van der Waals surface area contributed by atoms with E-state index in [9.17, 15) is 4.79 Å². The van der Waals surface area contributed by atoms with Gasteiger partial charge in [0.05, 0.1) is 19.3 Å². The number of carbonyl (C=O) groups excluding carboxylic acids is 1. The van der Waals surface area contributed by atoms with Crippen LogP contribution in [-0.2, 0) is 24.9 Å². The predicted molar refractivity (Wildman–Crippen MR) is 96.0 cm³/mol. The lowest BCUT2D eigenvalue weighted by Gasteiger charge is -2.21. The van der Waals surface area contributed by atoms with E-state index in [1.54, 1.807) is 17.0 Å². The molecule has 2 aromatic heterocycles. The molecule has 0 spiro atoms.